The lowest BCUT2D eigenvalue weighted by Crippen LogP contribution is -2.17. The van der Waals surface area contributed by atoms with Crippen LogP contribution in [0.4, 0.5) is 10.1 Å². The van der Waals surface area contributed by atoms with Gasteiger partial charge in [-0.3, -0.25) is 9.78 Å². The number of hydrogen-bond acceptors (Lipinski definition) is 6. The second kappa shape index (κ2) is 8.05. The van der Waals surface area contributed by atoms with Crippen molar-refractivity contribution in [1.29, 1.82) is 0 Å². The van der Waals surface area contributed by atoms with E-state index in [2.05, 4.69) is 31.2 Å². The van der Waals surface area contributed by atoms with Crippen molar-refractivity contribution in [3.63, 3.8) is 0 Å². The van der Waals surface area contributed by atoms with Crippen LogP contribution in [-0.4, -0.2) is 34.2 Å². The van der Waals surface area contributed by atoms with Gasteiger partial charge in [-0.25, -0.2) is 9.18 Å². The molecule has 0 bridgehead atoms. The van der Waals surface area contributed by atoms with E-state index < -0.39 is 17.7 Å². The highest BCUT2D eigenvalue weighted by Gasteiger charge is 2.19. The van der Waals surface area contributed by atoms with Gasteiger partial charge in [-0.2, -0.15) is 0 Å². The van der Waals surface area contributed by atoms with Crippen LogP contribution in [0.25, 0.3) is 11.3 Å². The molecular weight excluding hydrogens is 363 g/mol. The number of pyridine rings is 1. The molecule has 2 heterocycles. The topological polar surface area (TPSA) is 94.1 Å². The molecule has 2 aromatic heterocycles. The number of ether oxygens (including phenoxy) is 1. The van der Waals surface area contributed by atoms with Crippen molar-refractivity contribution in [2.45, 2.75) is 0 Å². The van der Waals surface area contributed by atoms with Gasteiger partial charge in [-0.15, -0.1) is 16.6 Å². The van der Waals surface area contributed by atoms with E-state index in [1.165, 1.54) is 12.1 Å². The molecule has 7 nitrogen and oxygen atoms in total. The molecule has 3 rings (SSSR count). The summed E-state index contributed by atoms with van der Waals surface area (Å²) in [7, 11) is 1.14. The number of hydrogen-bond donors (Lipinski definition) is 1. The van der Waals surface area contributed by atoms with Gasteiger partial charge in [0.2, 0.25) is 0 Å². The van der Waals surface area contributed by atoms with Crippen LogP contribution in [0, 0.1) is 18.2 Å². The Kier molecular flexibility index (Phi) is 5.37. The predicted octanol–water partition coefficient (Wildman–Crippen LogP) is 2.70. The zero-order chi connectivity index (χ0) is 20.1. The molecule has 0 atom stereocenters. The average molecular weight is 376 g/mol. The van der Waals surface area contributed by atoms with Gasteiger partial charge in [0.15, 0.2) is 5.69 Å². The highest BCUT2D eigenvalue weighted by atomic mass is 19.1. The summed E-state index contributed by atoms with van der Waals surface area (Å²) in [6, 6.07) is 8.70. The molecule has 0 saturated heterocycles. The summed E-state index contributed by atoms with van der Waals surface area (Å²) in [6.07, 6.45) is 8.48. The number of nitrogens with one attached hydrogen (secondary N) is 1. The quantitative estimate of drug-likeness (QED) is 0.556. The van der Waals surface area contributed by atoms with E-state index in [9.17, 15) is 14.0 Å². The Hall–Kier alpha value is -4.12. The highest BCUT2D eigenvalue weighted by molar-refractivity contribution is 6.07. The number of benzene rings is 1. The SMILES string of the molecule is C#Cc1cc(NC(=O)c2ccc(-c3ccncc3)nn2)c(C(=O)OC)cc1F. The molecular formula is C20H13FN4O3. The predicted molar refractivity (Wildman–Crippen MR) is 98.9 cm³/mol. The Morgan fingerprint density at radius 2 is 1.89 bits per heavy atom. The fraction of sp³-hybridized carbons (Fsp3) is 0.0500. The maximum absolute atomic E-state index is 13.9. The number of nitrogens with zero attached hydrogens (tertiary/aromatic N) is 3. The smallest absolute Gasteiger partial charge is 0.340 e. The number of esters is 1. The van der Waals surface area contributed by atoms with Crippen molar-refractivity contribution < 1.29 is 18.7 Å². The molecule has 1 aromatic carbocycles. The summed E-state index contributed by atoms with van der Waals surface area (Å²) in [4.78, 5) is 28.3. The summed E-state index contributed by atoms with van der Waals surface area (Å²) in [6.45, 7) is 0. The van der Waals surface area contributed by atoms with Crippen LogP contribution in [0.1, 0.15) is 26.4 Å². The van der Waals surface area contributed by atoms with Crippen molar-refractivity contribution in [2.75, 3.05) is 12.4 Å². The molecule has 138 valence electrons. The van der Waals surface area contributed by atoms with E-state index in [0.717, 1.165) is 18.7 Å². The van der Waals surface area contributed by atoms with Crippen molar-refractivity contribution in [1.82, 2.24) is 15.2 Å². The van der Waals surface area contributed by atoms with Gasteiger partial charge in [0.25, 0.3) is 5.91 Å². The van der Waals surface area contributed by atoms with Gasteiger partial charge in [0, 0.05) is 18.0 Å². The lowest BCUT2D eigenvalue weighted by atomic mass is 10.1. The number of carbonyl (C=O) groups is 2. The normalized spacial score (nSPS) is 10.0. The second-order valence-electron chi connectivity index (χ2n) is 5.51. The monoisotopic (exact) mass is 376 g/mol. The Morgan fingerprint density at radius 1 is 1.14 bits per heavy atom. The van der Waals surface area contributed by atoms with Crippen molar-refractivity contribution in [3.8, 4) is 23.6 Å². The maximum Gasteiger partial charge on any atom is 0.340 e. The first kappa shape index (κ1) is 18.7. The van der Waals surface area contributed by atoms with E-state index in [1.807, 2.05) is 0 Å². The van der Waals surface area contributed by atoms with Crippen LogP contribution in [-0.2, 0) is 4.74 Å². The molecule has 0 spiro atoms. The summed E-state index contributed by atoms with van der Waals surface area (Å²) >= 11 is 0. The molecule has 8 heteroatoms. The van der Waals surface area contributed by atoms with E-state index in [4.69, 9.17) is 6.42 Å². The third-order valence-corrected chi connectivity index (χ3v) is 3.79. The zero-order valence-electron chi connectivity index (χ0n) is 14.6. The molecule has 3 aromatic rings. The minimum absolute atomic E-state index is 0.000189. The van der Waals surface area contributed by atoms with Crippen molar-refractivity contribution >= 4 is 17.6 Å². The second-order valence-corrected chi connectivity index (χ2v) is 5.51. The number of aromatic nitrogens is 3. The largest absolute Gasteiger partial charge is 0.465 e. The Balaban J connectivity index is 1.88. The van der Waals surface area contributed by atoms with Crippen molar-refractivity contribution in [2.24, 2.45) is 0 Å². The van der Waals surface area contributed by atoms with E-state index >= 15 is 0 Å². The standard InChI is InChI=1S/C20H13FN4O3/c1-3-12-10-18(14(11-15(12)21)20(27)28-2)23-19(26)17-5-4-16(24-25-17)13-6-8-22-9-7-13/h1,4-11H,2H3,(H,23,26). The van der Waals surface area contributed by atoms with Gasteiger partial charge in [-0.1, -0.05) is 5.92 Å². The Morgan fingerprint density at radius 3 is 2.50 bits per heavy atom. The maximum atomic E-state index is 13.9. The number of methoxy groups -OCH3 is 1. The molecule has 0 aliphatic rings. The van der Waals surface area contributed by atoms with Crippen molar-refractivity contribution in [3.05, 3.63) is 71.4 Å². The molecule has 0 radical (unpaired) electrons. The first-order chi connectivity index (χ1) is 13.5. The van der Waals surface area contributed by atoms with Crippen LogP contribution in [0.3, 0.4) is 0 Å². The van der Waals surface area contributed by atoms with Gasteiger partial charge < -0.3 is 10.1 Å². The van der Waals surface area contributed by atoms with E-state index in [-0.39, 0.29) is 22.5 Å². The van der Waals surface area contributed by atoms with Crippen LogP contribution in [0.5, 0.6) is 0 Å². The third-order valence-electron chi connectivity index (χ3n) is 3.79. The van der Waals surface area contributed by atoms with Gasteiger partial charge >= 0.3 is 5.97 Å². The molecule has 0 aliphatic heterocycles. The molecule has 28 heavy (non-hydrogen) atoms. The van der Waals surface area contributed by atoms with Gasteiger partial charge in [0.05, 0.1) is 29.6 Å². The number of halogens is 1. The van der Waals surface area contributed by atoms with E-state index in [0.29, 0.717) is 5.69 Å². The fourth-order valence-corrected chi connectivity index (χ4v) is 2.38. The minimum atomic E-state index is -0.822. The molecule has 0 unspecified atom stereocenters. The highest BCUT2D eigenvalue weighted by Crippen LogP contribution is 2.22. The number of amides is 1. The van der Waals surface area contributed by atoms with Gasteiger partial charge in [0.1, 0.15) is 5.82 Å². The molecule has 0 fully saturated rings. The van der Waals surface area contributed by atoms with E-state index in [1.54, 1.807) is 30.6 Å². The fourth-order valence-electron chi connectivity index (χ4n) is 2.38. The summed E-state index contributed by atoms with van der Waals surface area (Å²) in [5.41, 5.74) is 1.08. The lowest BCUT2D eigenvalue weighted by molar-refractivity contribution is 0.0601. The molecule has 1 amide bonds. The first-order valence-electron chi connectivity index (χ1n) is 7.97. The number of carbonyl (C=O) groups excluding carboxylic acids is 2. The van der Waals surface area contributed by atoms with Crippen LogP contribution in [0.2, 0.25) is 0 Å². The Bertz CT molecular complexity index is 1080. The first-order valence-corrected chi connectivity index (χ1v) is 7.97. The zero-order valence-corrected chi connectivity index (χ0v) is 14.6. The third kappa shape index (κ3) is 3.83. The molecule has 0 aliphatic carbocycles. The average Bonchev–Trinajstić information content (AvgIpc) is 2.74. The number of anilines is 1. The van der Waals surface area contributed by atoms with Crippen LogP contribution >= 0.6 is 0 Å². The summed E-state index contributed by atoms with van der Waals surface area (Å²) in [5.74, 6) is -0.0958. The number of rotatable bonds is 4. The summed E-state index contributed by atoms with van der Waals surface area (Å²) in [5, 5.41) is 10.4. The molecule has 1 N–H and O–H groups in total. The van der Waals surface area contributed by atoms with Gasteiger partial charge in [-0.05, 0) is 36.4 Å². The molecule has 0 saturated carbocycles. The Labute approximate surface area is 159 Å². The lowest BCUT2D eigenvalue weighted by Gasteiger charge is -2.11. The number of terminal acetylenes is 1. The van der Waals surface area contributed by atoms with Crippen LogP contribution < -0.4 is 5.32 Å². The van der Waals surface area contributed by atoms with Crippen LogP contribution in [0.15, 0.2) is 48.8 Å². The minimum Gasteiger partial charge on any atom is -0.465 e. The summed E-state index contributed by atoms with van der Waals surface area (Å²) < 4.78 is 18.5.